The Bertz CT molecular complexity index is 474. The second-order valence-electron chi connectivity index (χ2n) is 4.52. The molecule has 110 valence electrons. The maximum absolute atomic E-state index is 11.4. The highest BCUT2D eigenvalue weighted by Gasteiger charge is 2.04. The summed E-state index contributed by atoms with van der Waals surface area (Å²) in [6.07, 6.45) is 0.435. The third-order valence-corrected chi connectivity index (χ3v) is 2.94. The molecule has 1 aromatic rings. The summed E-state index contributed by atoms with van der Waals surface area (Å²) in [7, 11) is 5.18. The van der Waals surface area contributed by atoms with Crippen molar-refractivity contribution in [1.29, 1.82) is 0 Å². The van der Waals surface area contributed by atoms with Gasteiger partial charge in [0.05, 0.1) is 0 Å². The highest BCUT2D eigenvalue weighted by molar-refractivity contribution is 6.30. The van der Waals surface area contributed by atoms with Crippen molar-refractivity contribution in [2.24, 2.45) is 4.99 Å². The minimum Gasteiger partial charge on any atom is -0.356 e. The first kappa shape index (κ1) is 16.3. The lowest BCUT2D eigenvalue weighted by Gasteiger charge is -2.13. The standard InChI is InChI=1S/C14H21ClN4O/c1-16-14(17-8-7-13(20)19(2)3)18-10-11-5-4-6-12(15)9-11/h4-6,9H,7-8,10H2,1-3H3,(H2,16,17,18). The lowest BCUT2D eigenvalue weighted by molar-refractivity contribution is -0.128. The van der Waals surface area contributed by atoms with Crippen LogP contribution in [0.5, 0.6) is 0 Å². The van der Waals surface area contributed by atoms with Crippen LogP contribution >= 0.6 is 11.6 Å². The van der Waals surface area contributed by atoms with Crippen molar-refractivity contribution in [3.63, 3.8) is 0 Å². The number of hydrogen-bond donors (Lipinski definition) is 2. The van der Waals surface area contributed by atoms with Crippen molar-refractivity contribution < 1.29 is 4.79 Å². The van der Waals surface area contributed by atoms with Gasteiger partial charge >= 0.3 is 0 Å². The molecule has 0 unspecified atom stereocenters. The number of carbonyl (C=O) groups is 1. The summed E-state index contributed by atoms with van der Waals surface area (Å²) in [6.45, 7) is 1.17. The van der Waals surface area contributed by atoms with Gasteiger partial charge in [0, 0.05) is 45.7 Å². The highest BCUT2D eigenvalue weighted by Crippen LogP contribution is 2.10. The Balaban J connectivity index is 2.35. The summed E-state index contributed by atoms with van der Waals surface area (Å²) in [5.41, 5.74) is 1.07. The van der Waals surface area contributed by atoms with Crippen molar-refractivity contribution in [2.75, 3.05) is 27.7 Å². The molecule has 0 aromatic heterocycles. The third-order valence-electron chi connectivity index (χ3n) is 2.70. The summed E-state index contributed by atoms with van der Waals surface area (Å²) in [6, 6.07) is 7.63. The summed E-state index contributed by atoms with van der Waals surface area (Å²) in [5, 5.41) is 6.98. The molecule has 5 nitrogen and oxygen atoms in total. The Hall–Kier alpha value is -1.75. The lowest BCUT2D eigenvalue weighted by Crippen LogP contribution is -2.38. The molecule has 0 spiro atoms. The van der Waals surface area contributed by atoms with Gasteiger partial charge in [0.1, 0.15) is 0 Å². The second kappa shape index (κ2) is 8.43. The zero-order valence-corrected chi connectivity index (χ0v) is 12.9. The molecule has 0 saturated heterocycles. The molecule has 1 amide bonds. The fourth-order valence-electron chi connectivity index (χ4n) is 1.56. The SMILES string of the molecule is CN=C(NCCC(=O)N(C)C)NCc1cccc(Cl)c1. The molecule has 6 heteroatoms. The van der Waals surface area contributed by atoms with E-state index in [9.17, 15) is 4.79 Å². The summed E-state index contributed by atoms with van der Waals surface area (Å²) in [4.78, 5) is 17.1. The predicted molar refractivity (Wildman–Crippen MR) is 83.0 cm³/mol. The number of benzene rings is 1. The maximum atomic E-state index is 11.4. The molecule has 1 rings (SSSR count). The van der Waals surface area contributed by atoms with Crippen molar-refractivity contribution >= 4 is 23.5 Å². The number of aliphatic imine (C=N–C) groups is 1. The van der Waals surface area contributed by atoms with Crippen LogP contribution < -0.4 is 10.6 Å². The Labute approximate surface area is 125 Å². The minimum atomic E-state index is 0.0859. The van der Waals surface area contributed by atoms with Gasteiger partial charge in [-0.2, -0.15) is 0 Å². The zero-order chi connectivity index (χ0) is 15.0. The average molecular weight is 297 g/mol. The first-order valence-electron chi connectivity index (χ1n) is 6.42. The number of nitrogens with one attached hydrogen (secondary N) is 2. The zero-order valence-electron chi connectivity index (χ0n) is 12.1. The number of halogens is 1. The number of amides is 1. The topological polar surface area (TPSA) is 56.7 Å². The molecule has 20 heavy (non-hydrogen) atoms. The predicted octanol–water partition coefficient (Wildman–Crippen LogP) is 1.48. The maximum Gasteiger partial charge on any atom is 0.223 e. The van der Waals surface area contributed by atoms with Crippen LogP contribution in [-0.4, -0.2) is 44.5 Å². The highest BCUT2D eigenvalue weighted by atomic mass is 35.5. The van der Waals surface area contributed by atoms with Crippen LogP contribution in [0.15, 0.2) is 29.3 Å². The van der Waals surface area contributed by atoms with E-state index in [2.05, 4.69) is 15.6 Å². The Kier molecular flexibility index (Phi) is 6.87. The van der Waals surface area contributed by atoms with Gasteiger partial charge in [-0.25, -0.2) is 0 Å². The fraction of sp³-hybridized carbons (Fsp3) is 0.429. The molecule has 2 N–H and O–H groups in total. The Morgan fingerprint density at radius 1 is 1.35 bits per heavy atom. The van der Waals surface area contributed by atoms with Crippen molar-refractivity contribution in [3.8, 4) is 0 Å². The summed E-state index contributed by atoms with van der Waals surface area (Å²) in [5.74, 6) is 0.749. The molecule has 0 aliphatic carbocycles. The van der Waals surface area contributed by atoms with E-state index in [4.69, 9.17) is 11.6 Å². The first-order valence-corrected chi connectivity index (χ1v) is 6.80. The normalized spacial score (nSPS) is 11.1. The van der Waals surface area contributed by atoms with Crippen LogP contribution in [0, 0.1) is 0 Å². The number of rotatable bonds is 5. The van der Waals surface area contributed by atoms with Gasteiger partial charge in [-0.15, -0.1) is 0 Å². The van der Waals surface area contributed by atoms with E-state index >= 15 is 0 Å². The minimum absolute atomic E-state index is 0.0859. The first-order chi connectivity index (χ1) is 9.52. The average Bonchev–Trinajstić information content (AvgIpc) is 2.42. The van der Waals surface area contributed by atoms with Gasteiger partial charge in [-0.05, 0) is 17.7 Å². The van der Waals surface area contributed by atoms with E-state index < -0.39 is 0 Å². The van der Waals surface area contributed by atoms with E-state index in [0.717, 1.165) is 5.56 Å². The molecule has 0 saturated carbocycles. The largest absolute Gasteiger partial charge is 0.356 e. The molecular weight excluding hydrogens is 276 g/mol. The van der Waals surface area contributed by atoms with Crippen LogP contribution in [0.1, 0.15) is 12.0 Å². The Morgan fingerprint density at radius 3 is 2.70 bits per heavy atom. The molecule has 0 bridgehead atoms. The summed E-state index contributed by atoms with van der Waals surface area (Å²) >= 11 is 5.93. The molecule has 0 aliphatic heterocycles. The van der Waals surface area contributed by atoms with E-state index in [0.29, 0.717) is 30.5 Å². The van der Waals surface area contributed by atoms with Gasteiger partial charge < -0.3 is 15.5 Å². The molecule has 0 aliphatic rings. The Morgan fingerprint density at radius 2 is 2.10 bits per heavy atom. The van der Waals surface area contributed by atoms with Gasteiger partial charge in [0.25, 0.3) is 0 Å². The molecule has 0 atom stereocenters. The number of carbonyl (C=O) groups excluding carboxylic acids is 1. The van der Waals surface area contributed by atoms with Gasteiger partial charge in [0.15, 0.2) is 5.96 Å². The fourth-order valence-corrected chi connectivity index (χ4v) is 1.78. The van der Waals surface area contributed by atoms with E-state index in [1.54, 1.807) is 26.0 Å². The van der Waals surface area contributed by atoms with E-state index in [1.165, 1.54) is 0 Å². The van der Waals surface area contributed by atoms with Gasteiger partial charge in [-0.3, -0.25) is 9.79 Å². The molecule has 0 heterocycles. The van der Waals surface area contributed by atoms with Gasteiger partial charge in [-0.1, -0.05) is 23.7 Å². The smallest absolute Gasteiger partial charge is 0.223 e. The monoisotopic (exact) mass is 296 g/mol. The van der Waals surface area contributed by atoms with Gasteiger partial charge in [0.2, 0.25) is 5.91 Å². The quantitative estimate of drug-likeness (QED) is 0.639. The second-order valence-corrected chi connectivity index (χ2v) is 4.96. The number of hydrogen-bond acceptors (Lipinski definition) is 2. The number of nitrogens with zero attached hydrogens (tertiary/aromatic N) is 2. The number of guanidine groups is 1. The van der Waals surface area contributed by atoms with Crippen LogP contribution in [0.4, 0.5) is 0 Å². The van der Waals surface area contributed by atoms with Crippen LogP contribution in [-0.2, 0) is 11.3 Å². The van der Waals surface area contributed by atoms with Crippen LogP contribution in [0.3, 0.4) is 0 Å². The van der Waals surface area contributed by atoms with Crippen LogP contribution in [0.2, 0.25) is 5.02 Å². The van der Waals surface area contributed by atoms with Crippen molar-refractivity contribution in [2.45, 2.75) is 13.0 Å². The van der Waals surface area contributed by atoms with Crippen molar-refractivity contribution in [1.82, 2.24) is 15.5 Å². The third kappa shape index (κ3) is 5.93. The molecule has 1 aromatic carbocycles. The van der Waals surface area contributed by atoms with E-state index in [1.807, 2.05) is 24.3 Å². The van der Waals surface area contributed by atoms with Crippen molar-refractivity contribution in [3.05, 3.63) is 34.9 Å². The van der Waals surface area contributed by atoms with Crippen LogP contribution in [0.25, 0.3) is 0 Å². The molecular formula is C14H21ClN4O. The summed E-state index contributed by atoms with van der Waals surface area (Å²) < 4.78 is 0. The van der Waals surface area contributed by atoms with E-state index in [-0.39, 0.29) is 5.91 Å². The lowest BCUT2D eigenvalue weighted by atomic mass is 10.2. The molecule has 0 radical (unpaired) electrons. The molecule has 0 fully saturated rings.